The predicted octanol–water partition coefficient (Wildman–Crippen LogP) is 9.71. The Morgan fingerprint density at radius 3 is 2.00 bits per heavy atom. The molecule has 0 spiro atoms. The van der Waals surface area contributed by atoms with Crippen LogP contribution in [0, 0.1) is 0 Å². The van der Waals surface area contributed by atoms with Crippen LogP contribution in [-0.2, 0) is 0 Å². The van der Waals surface area contributed by atoms with E-state index in [1.807, 2.05) is 24.3 Å². The summed E-state index contributed by atoms with van der Waals surface area (Å²) < 4.78 is 2.36. The van der Waals surface area contributed by atoms with Crippen LogP contribution in [0.15, 0.2) is 140 Å². The number of para-hydroxylation sites is 1. The second kappa shape index (κ2) is 8.48. The van der Waals surface area contributed by atoms with E-state index < -0.39 is 0 Å². The molecule has 1 aliphatic carbocycles. The first-order valence-electron chi connectivity index (χ1n) is 13.9. The fraction of sp³-hybridized carbons (Fsp3) is 0. The standard InChI is InChI=1S/C38H23N3/c1-3-11-24(12-4-1)32-23-34(40-38(39-32)26-13-5-2-6-14-26)41-33-20-8-7-17-27(33)30-22-21-29-28-18-9-15-25-16-10-19-31(35(25)28)36(29)37(30)41/h1-23H. The van der Waals surface area contributed by atoms with Gasteiger partial charge in [0.15, 0.2) is 5.82 Å². The van der Waals surface area contributed by atoms with Crippen LogP contribution in [0.3, 0.4) is 0 Å². The van der Waals surface area contributed by atoms with Gasteiger partial charge in [-0.25, -0.2) is 9.97 Å². The minimum atomic E-state index is 0.714. The lowest BCUT2D eigenvalue weighted by Crippen LogP contribution is -2.03. The molecule has 0 unspecified atom stereocenters. The molecule has 190 valence electrons. The van der Waals surface area contributed by atoms with Gasteiger partial charge in [-0.3, -0.25) is 4.57 Å². The molecule has 2 heterocycles. The summed E-state index contributed by atoms with van der Waals surface area (Å²) in [6.07, 6.45) is 0. The molecule has 0 bridgehead atoms. The molecule has 0 fully saturated rings. The van der Waals surface area contributed by atoms with Crippen molar-refractivity contribution in [1.82, 2.24) is 14.5 Å². The van der Waals surface area contributed by atoms with Gasteiger partial charge in [-0.1, -0.05) is 127 Å². The van der Waals surface area contributed by atoms with Gasteiger partial charge < -0.3 is 0 Å². The Morgan fingerprint density at radius 2 is 1.20 bits per heavy atom. The fourth-order valence-electron chi connectivity index (χ4n) is 6.59. The molecule has 6 aromatic carbocycles. The molecule has 41 heavy (non-hydrogen) atoms. The van der Waals surface area contributed by atoms with Gasteiger partial charge in [0, 0.05) is 33.5 Å². The van der Waals surface area contributed by atoms with Crippen molar-refractivity contribution in [2.75, 3.05) is 0 Å². The Kier molecular flexibility index (Phi) is 4.61. The Labute approximate surface area is 237 Å². The van der Waals surface area contributed by atoms with E-state index in [9.17, 15) is 0 Å². The highest BCUT2D eigenvalue weighted by molar-refractivity contribution is 6.24. The molecule has 0 atom stereocenters. The number of benzene rings is 6. The number of aromatic nitrogens is 3. The van der Waals surface area contributed by atoms with E-state index in [1.165, 1.54) is 49.3 Å². The Balaban J connectivity index is 1.43. The quantitative estimate of drug-likeness (QED) is 0.232. The van der Waals surface area contributed by atoms with Crippen molar-refractivity contribution < 1.29 is 0 Å². The molecule has 0 amide bonds. The zero-order valence-electron chi connectivity index (χ0n) is 22.1. The van der Waals surface area contributed by atoms with Crippen LogP contribution in [0.2, 0.25) is 0 Å². The minimum Gasteiger partial charge on any atom is -0.293 e. The normalized spacial score (nSPS) is 11.9. The van der Waals surface area contributed by atoms with E-state index in [4.69, 9.17) is 9.97 Å². The molecular formula is C38H23N3. The first kappa shape index (κ1) is 22.3. The van der Waals surface area contributed by atoms with Crippen molar-refractivity contribution in [3.63, 3.8) is 0 Å². The van der Waals surface area contributed by atoms with E-state index in [2.05, 4.69) is 120 Å². The molecule has 3 nitrogen and oxygen atoms in total. The summed E-state index contributed by atoms with van der Waals surface area (Å²) in [6.45, 7) is 0. The second-order valence-corrected chi connectivity index (χ2v) is 10.6. The van der Waals surface area contributed by atoms with Gasteiger partial charge >= 0.3 is 0 Å². The van der Waals surface area contributed by atoms with Gasteiger partial charge in [0.05, 0.1) is 16.7 Å². The highest BCUT2D eigenvalue weighted by atomic mass is 15.1. The second-order valence-electron chi connectivity index (χ2n) is 10.6. The maximum Gasteiger partial charge on any atom is 0.162 e. The third-order valence-electron chi connectivity index (χ3n) is 8.34. The highest BCUT2D eigenvalue weighted by Crippen LogP contribution is 2.51. The number of fused-ring (bicyclic) bond motifs is 7. The smallest absolute Gasteiger partial charge is 0.162 e. The summed E-state index contributed by atoms with van der Waals surface area (Å²) in [6, 6.07) is 49.3. The van der Waals surface area contributed by atoms with Gasteiger partial charge in [0.25, 0.3) is 0 Å². The van der Waals surface area contributed by atoms with Crippen molar-refractivity contribution in [2.45, 2.75) is 0 Å². The van der Waals surface area contributed by atoms with Crippen molar-refractivity contribution in [1.29, 1.82) is 0 Å². The molecule has 9 rings (SSSR count). The summed E-state index contributed by atoms with van der Waals surface area (Å²) in [5.41, 5.74) is 10.4. The van der Waals surface area contributed by atoms with Crippen LogP contribution in [0.25, 0.3) is 83.3 Å². The Morgan fingerprint density at radius 1 is 0.488 bits per heavy atom. The highest BCUT2D eigenvalue weighted by Gasteiger charge is 2.27. The van der Waals surface area contributed by atoms with Crippen LogP contribution >= 0.6 is 0 Å². The molecule has 1 aliphatic rings. The van der Waals surface area contributed by atoms with Crippen molar-refractivity contribution >= 4 is 32.6 Å². The van der Waals surface area contributed by atoms with Crippen LogP contribution in [0.5, 0.6) is 0 Å². The van der Waals surface area contributed by atoms with Crippen LogP contribution in [0.1, 0.15) is 0 Å². The lowest BCUT2D eigenvalue weighted by atomic mass is 10.0. The predicted molar refractivity (Wildman–Crippen MR) is 169 cm³/mol. The summed E-state index contributed by atoms with van der Waals surface area (Å²) in [5, 5.41) is 5.04. The largest absolute Gasteiger partial charge is 0.293 e. The van der Waals surface area contributed by atoms with Crippen LogP contribution in [0.4, 0.5) is 0 Å². The first-order chi connectivity index (χ1) is 20.3. The summed E-state index contributed by atoms with van der Waals surface area (Å²) >= 11 is 0. The van der Waals surface area contributed by atoms with Gasteiger partial charge in [-0.15, -0.1) is 0 Å². The molecule has 0 radical (unpaired) electrons. The third kappa shape index (κ3) is 3.20. The van der Waals surface area contributed by atoms with Crippen molar-refractivity contribution in [3.05, 3.63) is 140 Å². The fourth-order valence-corrected chi connectivity index (χ4v) is 6.59. The lowest BCUT2D eigenvalue weighted by molar-refractivity contribution is 1.05. The third-order valence-corrected chi connectivity index (χ3v) is 8.34. The number of hydrogen-bond donors (Lipinski definition) is 0. The maximum atomic E-state index is 5.25. The summed E-state index contributed by atoms with van der Waals surface area (Å²) in [5.74, 6) is 1.58. The molecule has 0 saturated heterocycles. The maximum absolute atomic E-state index is 5.25. The van der Waals surface area contributed by atoms with E-state index in [1.54, 1.807) is 0 Å². The lowest BCUT2D eigenvalue weighted by Gasteiger charge is -2.14. The van der Waals surface area contributed by atoms with Crippen molar-refractivity contribution in [2.24, 2.45) is 0 Å². The zero-order valence-corrected chi connectivity index (χ0v) is 22.1. The zero-order chi connectivity index (χ0) is 26.9. The molecular weight excluding hydrogens is 498 g/mol. The van der Waals surface area contributed by atoms with Gasteiger partial charge in [-0.05, 0) is 33.5 Å². The average molecular weight is 522 g/mol. The molecule has 0 aliphatic heterocycles. The van der Waals surface area contributed by atoms with E-state index >= 15 is 0 Å². The number of hydrogen-bond acceptors (Lipinski definition) is 2. The first-order valence-corrected chi connectivity index (χ1v) is 13.9. The Bertz CT molecular complexity index is 2230. The SMILES string of the molecule is c1ccc(-c2cc(-n3c4ccccc4c4ccc5c(c43)-c3cccc4cccc-5c34)nc(-c3ccccc3)n2)cc1. The number of rotatable bonds is 3. The van der Waals surface area contributed by atoms with E-state index in [0.717, 1.165) is 28.2 Å². The average Bonchev–Trinajstić information content (AvgIpc) is 3.56. The van der Waals surface area contributed by atoms with Crippen LogP contribution < -0.4 is 0 Å². The number of nitrogens with zero attached hydrogens (tertiary/aromatic N) is 3. The topological polar surface area (TPSA) is 30.7 Å². The van der Waals surface area contributed by atoms with E-state index in [0.29, 0.717) is 5.82 Å². The molecule has 0 N–H and O–H groups in total. The molecule has 3 heteroatoms. The molecule has 2 aromatic heterocycles. The van der Waals surface area contributed by atoms with Gasteiger partial charge in [0.1, 0.15) is 5.82 Å². The van der Waals surface area contributed by atoms with E-state index in [-0.39, 0.29) is 0 Å². The van der Waals surface area contributed by atoms with Gasteiger partial charge in [0.2, 0.25) is 0 Å². The van der Waals surface area contributed by atoms with Crippen molar-refractivity contribution in [3.8, 4) is 50.7 Å². The monoisotopic (exact) mass is 521 g/mol. The summed E-state index contributed by atoms with van der Waals surface area (Å²) in [7, 11) is 0. The van der Waals surface area contributed by atoms with Gasteiger partial charge in [-0.2, -0.15) is 0 Å². The minimum absolute atomic E-state index is 0.714. The molecule has 8 aromatic rings. The summed E-state index contributed by atoms with van der Waals surface area (Å²) in [4.78, 5) is 10.3. The Hall–Kier alpha value is -5.54. The van der Waals surface area contributed by atoms with Crippen LogP contribution in [-0.4, -0.2) is 14.5 Å². The molecule has 0 saturated carbocycles.